The third-order valence-electron chi connectivity index (χ3n) is 5.46. The maximum Gasteiger partial charge on any atom is 0.242 e. The highest BCUT2D eigenvalue weighted by Crippen LogP contribution is 2.14. The van der Waals surface area contributed by atoms with Crippen molar-refractivity contribution in [3.8, 4) is 0 Å². The van der Waals surface area contributed by atoms with Crippen molar-refractivity contribution in [2.45, 2.75) is 52.6 Å². The van der Waals surface area contributed by atoms with E-state index in [1.54, 1.807) is 4.68 Å². The molecule has 1 unspecified atom stereocenters. The molecule has 0 saturated carbocycles. The Morgan fingerprint density at radius 3 is 2.64 bits per heavy atom. The summed E-state index contributed by atoms with van der Waals surface area (Å²) in [5.74, 6) is -0.0568. The van der Waals surface area contributed by atoms with Crippen LogP contribution in [0.5, 0.6) is 0 Å². The number of nitrogens with one attached hydrogen (secondary N) is 1. The number of hydrogen-bond donors (Lipinski definition) is 1. The van der Waals surface area contributed by atoms with Crippen LogP contribution in [0.3, 0.4) is 0 Å². The van der Waals surface area contributed by atoms with Crippen LogP contribution in [0.1, 0.15) is 47.1 Å². The van der Waals surface area contributed by atoms with Crippen LogP contribution in [-0.2, 0) is 17.8 Å². The van der Waals surface area contributed by atoms with Gasteiger partial charge in [0.15, 0.2) is 5.78 Å². The van der Waals surface area contributed by atoms with Gasteiger partial charge >= 0.3 is 0 Å². The fraction of sp³-hybridized carbons (Fsp3) is 0.500. The lowest BCUT2D eigenvalue weighted by atomic mass is 10.0. The number of hydrogen-bond acceptors (Lipinski definition) is 4. The first-order chi connectivity index (χ1) is 13.4. The second kappa shape index (κ2) is 9.15. The van der Waals surface area contributed by atoms with E-state index in [1.165, 1.54) is 12.5 Å². The molecule has 3 rings (SSSR count). The van der Waals surface area contributed by atoms with E-state index in [-0.39, 0.29) is 24.3 Å². The lowest BCUT2D eigenvalue weighted by Gasteiger charge is -2.33. The molecule has 6 nitrogen and oxygen atoms in total. The van der Waals surface area contributed by atoms with Crippen LogP contribution >= 0.6 is 0 Å². The van der Waals surface area contributed by atoms with E-state index in [0.717, 1.165) is 44.6 Å². The van der Waals surface area contributed by atoms with E-state index in [1.807, 2.05) is 19.9 Å². The molecule has 1 aromatic heterocycles. The molecule has 0 radical (unpaired) electrons. The van der Waals surface area contributed by atoms with Gasteiger partial charge in [0.2, 0.25) is 5.91 Å². The van der Waals surface area contributed by atoms with Crippen molar-refractivity contribution in [3.05, 3.63) is 52.8 Å². The van der Waals surface area contributed by atoms with Crippen LogP contribution in [-0.4, -0.2) is 52.0 Å². The van der Waals surface area contributed by atoms with Crippen molar-refractivity contribution in [1.82, 2.24) is 20.0 Å². The first kappa shape index (κ1) is 20.3. The molecule has 1 fully saturated rings. The highest BCUT2D eigenvalue weighted by Gasteiger charge is 2.22. The summed E-state index contributed by atoms with van der Waals surface area (Å²) in [6, 6.07) is 10.7. The van der Waals surface area contributed by atoms with E-state index in [0.29, 0.717) is 11.3 Å². The van der Waals surface area contributed by atoms with E-state index in [9.17, 15) is 9.59 Å². The Morgan fingerprint density at radius 1 is 1.21 bits per heavy atom. The predicted molar refractivity (Wildman–Crippen MR) is 109 cm³/mol. The van der Waals surface area contributed by atoms with Crippen molar-refractivity contribution in [1.29, 1.82) is 0 Å². The summed E-state index contributed by atoms with van der Waals surface area (Å²) < 4.78 is 1.64. The number of nitrogens with zero attached hydrogens (tertiary/aromatic N) is 3. The number of carbonyl (C=O) groups is 2. The van der Waals surface area contributed by atoms with Gasteiger partial charge in [-0.15, -0.1) is 0 Å². The van der Waals surface area contributed by atoms with Crippen molar-refractivity contribution >= 4 is 11.7 Å². The van der Waals surface area contributed by atoms with Crippen LogP contribution in [0.25, 0.3) is 0 Å². The van der Waals surface area contributed by atoms with Crippen molar-refractivity contribution in [2.75, 3.05) is 19.6 Å². The van der Waals surface area contributed by atoms with Gasteiger partial charge in [-0.3, -0.25) is 14.3 Å². The number of likely N-dealkylation sites (tertiary alicyclic amines) is 1. The Kier molecular flexibility index (Phi) is 6.62. The molecule has 1 atom stereocenters. The number of ketones is 1. The molecule has 28 heavy (non-hydrogen) atoms. The van der Waals surface area contributed by atoms with Gasteiger partial charge in [-0.1, -0.05) is 30.3 Å². The Bertz CT molecular complexity index is 829. The minimum atomic E-state index is -0.0457. The standard InChI is InChI=1S/C22H30N4O2/c1-16-22(18(3)27)17(2)26(24-16)15-21(28)23-20-10-7-12-25(14-20)13-11-19-8-5-4-6-9-19/h4-6,8-9,20H,7,10-15H2,1-3H3,(H,23,28). The van der Waals surface area contributed by atoms with Crippen molar-refractivity contribution < 1.29 is 9.59 Å². The average molecular weight is 383 g/mol. The van der Waals surface area contributed by atoms with Gasteiger partial charge in [0, 0.05) is 24.8 Å². The Balaban J connectivity index is 1.51. The molecule has 0 aliphatic carbocycles. The Labute approximate surface area is 166 Å². The van der Waals surface area contributed by atoms with Crippen LogP contribution in [0.2, 0.25) is 0 Å². The zero-order chi connectivity index (χ0) is 20.1. The topological polar surface area (TPSA) is 67.2 Å². The van der Waals surface area contributed by atoms with Gasteiger partial charge < -0.3 is 10.2 Å². The number of Topliss-reactive ketones (excluding diaryl/α,β-unsaturated/α-hetero) is 1. The fourth-order valence-electron chi connectivity index (χ4n) is 4.08. The summed E-state index contributed by atoms with van der Waals surface area (Å²) in [5.41, 5.74) is 3.41. The molecule has 2 aromatic rings. The van der Waals surface area contributed by atoms with Crippen molar-refractivity contribution in [2.24, 2.45) is 0 Å². The first-order valence-electron chi connectivity index (χ1n) is 10.0. The molecular formula is C22H30N4O2. The fourth-order valence-corrected chi connectivity index (χ4v) is 4.08. The second-order valence-electron chi connectivity index (χ2n) is 7.70. The summed E-state index contributed by atoms with van der Waals surface area (Å²) in [6.07, 6.45) is 3.12. The zero-order valence-electron chi connectivity index (χ0n) is 17.1. The first-order valence-corrected chi connectivity index (χ1v) is 10.0. The van der Waals surface area contributed by atoms with E-state index < -0.39 is 0 Å². The number of piperidine rings is 1. The number of aromatic nitrogens is 2. The lowest BCUT2D eigenvalue weighted by molar-refractivity contribution is -0.123. The Morgan fingerprint density at radius 2 is 1.96 bits per heavy atom. The van der Waals surface area contributed by atoms with E-state index in [2.05, 4.69) is 39.6 Å². The minimum Gasteiger partial charge on any atom is -0.350 e. The quantitative estimate of drug-likeness (QED) is 0.748. The molecule has 0 spiro atoms. The van der Waals surface area contributed by atoms with Gasteiger partial charge in [-0.2, -0.15) is 5.10 Å². The molecule has 1 amide bonds. The van der Waals surface area contributed by atoms with Gasteiger partial charge in [0.1, 0.15) is 6.54 Å². The van der Waals surface area contributed by atoms with Gasteiger partial charge in [0.05, 0.1) is 11.3 Å². The SMILES string of the molecule is CC(=O)c1c(C)nn(CC(=O)NC2CCCN(CCc3ccccc3)C2)c1C. The molecule has 1 saturated heterocycles. The molecule has 1 aliphatic heterocycles. The average Bonchev–Trinajstić information content (AvgIpc) is 2.94. The zero-order valence-corrected chi connectivity index (χ0v) is 17.1. The number of benzene rings is 1. The highest BCUT2D eigenvalue weighted by atomic mass is 16.2. The molecule has 1 aliphatic rings. The third kappa shape index (κ3) is 5.07. The predicted octanol–water partition coefficient (Wildman–Crippen LogP) is 2.53. The minimum absolute atomic E-state index is 0.0111. The van der Waals surface area contributed by atoms with E-state index in [4.69, 9.17) is 0 Å². The number of amides is 1. The van der Waals surface area contributed by atoms with Crippen LogP contribution in [0.4, 0.5) is 0 Å². The van der Waals surface area contributed by atoms with Gasteiger partial charge in [-0.05, 0) is 52.1 Å². The summed E-state index contributed by atoms with van der Waals surface area (Å²) in [6.45, 7) is 8.32. The molecule has 2 heterocycles. The number of carbonyl (C=O) groups excluding carboxylic acids is 2. The normalized spacial score (nSPS) is 17.5. The van der Waals surface area contributed by atoms with Crippen LogP contribution in [0, 0.1) is 13.8 Å². The maximum absolute atomic E-state index is 12.5. The summed E-state index contributed by atoms with van der Waals surface area (Å²) in [5, 5.41) is 7.52. The van der Waals surface area contributed by atoms with Crippen LogP contribution < -0.4 is 5.32 Å². The highest BCUT2D eigenvalue weighted by molar-refractivity contribution is 5.96. The monoisotopic (exact) mass is 382 g/mol. The lowest BCUT2D eigenvalue weighted by Crippen LogP contribution is -2.48. The van der Waals surface area contributed by atoms with Crippen LogP contribution in [0.15, 0.2) is 30.3 Å². The number of rotatable bonds is 7. The summed E-state index contributed by atoms with van der Waals surface area (Å²) in [7, 11) is 0. The summed E-state index contributed by atoms with van der Waals surface area (Å²) >= 11 is 0. The third-order valence-corrected chi connectivity index (χ3v) is 5.46. The van der Waals surface area contributed by atoms with Crippen molar-refractivity contribution in [3.63, 3.8) is 0 Å². The molecule has 6 heteroatoms. The largest absolute Gasteiger partial charge is 0.350 e. The van der Waals surface area contributed by atoms with Gasteiger partial charge in [0.25, 0.3) is 0 Å². The maximum atomic E-state index is 12.5. The molecule has 1 aromatic carbocycles. The van der Waals surface area contributed by atoms with E-state index >= 15 is 0 Å². The number of aryl methyl sites for hydroxylation is 1. The van der Waals surface area contributed by atoms with Gasteiger partial charge in [-0.25, -0.2) is 0 Å². The molecule has 150 valence electrons. The summed E-state index contributed by atoms with van der Waals surface area (Å²) in [4.78, 5) is 26.7. The molecule has 1 N–H and O–H groups in total. The smallest absolute Gasteiger partial charge is 0.242 e. The Hall–Kier alpha value is -2.47. The molecular weight excluding hydrogens is 352 g/mol. The second-order valence-corrected chi connectivity index (χ2v) is 7.70. The molecule has 0 bridgehead atoms.